The molecule has 1 aromatic rings. The Labute approximate surface area is 97.1 Å². The van der Waals surface area contributed by atoms with E-state index in [9.17, 15) is 10.1 Å². The minimum Gasteiger partial charge on any atom is -1.00 e. The number of halogens is 1. The van der Waals surface area contributed by atoms with Gasteiger partial charge in [-0.25, -0.2) is 0 Å². The van der Waals surface area contributed by atoms with Crippen molar-refractivity contribution in [1.82, 2.24) is 0 Å². The molecule has 0 saturated heterocycles. The molecule has 0 aliphatic carbocycles. The quantitative estimate of drug-likeness (QED) is 0.360. The molecular weight excluding hydrogens is 193 g/mol. The van der Waals surface area contributed by atoms with Gasteiger partial charge in [0.15, 0.2) is 0 Å². The summed E-state index contributed by atoms with van der Waals surface area (Å²) >= 11 is 5.40. The van der Waals surface area contributed by atoms with E-state index >= 15 is 0 Å². The first-order chi connectivity index (χ1) is 5.13. The number of aromatic hydroxyl groups is 1. The molecule has 0 heterocycles. The fraction of sp³-hybridized carbons (Fsp3) is 0. The molecule has 0 radical (unpaired) electrons. The second-order valence-corrected chi connectivity index (χ2v) is 2.27. The molecule has 0 fully saturated rings. The molecule has 0 unspecified atom stereocenters. The third-order valence-corrected chi connectivity index (χ3v) is 1.47. The fourth-order valence-corrected chi connectivity index (χ4v) is 0.821. The zero-order valence-electron chi connectivity index (χ0n) is 7.32. The van der Waals surface area contributed by atoms with Crippen LogP contribution in [0.1, 0.15) is 1.43 Å². The molecule has 4 nitrogen and oxygen atoms in total. The second-order valence-electron chi connectivity index (χ2n) is 1.86. The Morgan fingerprint density at radius 1 is 1.58 bits per heavy atom. The molecule has 0 atom stereocenters. The van der Waals surface area contributed by atoms with Crippen molar-refractivity contribution in [2.75, 3.05) is 0 Å². The van der Waals surface area contributed by atoms with Gasteiger partial charge in [-0.1, -0.05) is 17.7 Å². The Bertz CT molecular complexity index is 310. The first kappa shape index (κ1) is 11.7. The van der Waals surface area contributed by atoms with Crippen molar-refractivity contribution in [2.45, 2.75) is 0 Å². The van der Waals surface area contributed by atoms with E-state index in [0.29, 0.717) is 0 Å². The van der Waals surface area contributed by atoms with Crippen LogP contribution in [-0.2, 0) is 0 Å². The molecule has 0 aromatic heterocycles. The van der Waals surface area contributed by atoms with E-state index in [1.807, 2.05) is 0 Å². The van der Waals surface area contributed by atoms with Gasteiger partial charge in [0.05, 0.1) is 9.95 Å². The van der Waals surface area contributed by atoms with E-state index < -0.39 is 10.7 Å². The molecule has 0 spiro atoms. The molecule has 1 rings (SSSR count). The first-order valence-electron chi connectivity index (χ1n) is 2.75. The second kappa shape index (κ2) is 4.67. The van der Waals surface area contributed by atoms with Crippen LogP contribution in [0.4, 0.5) is 5.69 Å². The Balaban J connectivity index is 0. The predicted molar refractivity (Wildman–Crippen MR) is 40.9 cm³/mol. The average molecular weight is 198 g/mol. The summed E-state index contributed by atoms with van der Waals surface area (Å²) in [5.74, 6) is -0.487. The summed E-state index contributed by atoms with van der Waals surface area (Å²) in [6, 6.07) is 3.96. The normalized spacial score (nSPS) is 8.75. The van der Waals surface area contributed by atoms with Gasteiger partial charge in [-0.15, -0.1) is 0 Å². The van der Waals surface area contributed by atoms with Gasteiger partial charge in [0.25, 0.3) is 0 Å². The van der Waals surface area contributed by atoms with Crippen LogP contribution in [0.5, 0.6) is 5.75 Å². The van der Waals surface area contributed by atoms with Gasteiger partial charge in [-0.05, 0) is 6.07 Å². The maximum absolute atomic E-state index is 10.2. The molecule has 0 amide bonds. The molecule has 60 valence electrons. The molecule has 1 aromatic carbocycles. The number of rotatable bonds is 1. The summed E-state index contributed by atoms with van der Waals surface area (Å²) in [4.78, 5) is 9.47. The van der Waals surface area contributed by atoms with Crippen molar-refractivity contribution in [1.29, 1.82) is 0 Å². The zero-order valence-corrected chi connectivity index (χ0v) is 9.08. The Morgan fingerprint density at radius 2 is 2.17 bits per heavy atom. The number of nitro groups is 1. The van der Waals surface area contributed by atoms with Gasteiger partial charge < -0.3 is 6.53 Å². The number of hydrogen-bond acceptors (Lipinski definition) is 3. The van der Waals surface area contributed by atoms with Gasteiger partial charge in [0.1, 0.15) is 0 Å². The smallest absolute Gasteiger partial charge is 1.00 e. The van der Waals surface area contributed by atoms with Gasteiger partial charge in [-0.3, -0.25) is 10.1 Å². The minimum atomic E-state index is -0.693. The Kier molecular flexibility index (Phi) is 4.55. The number of para-hydroxylation sites is 1. The van der Waals surface area contributed by atoms with Crippen molar-refractivity contribution in [3.05, 3.63) is 33.3 Å². The van der Waals surface area contributed by atoms with Crippen molar-refractivity contribution in [2.24, 2.45) is 0 Å². The maximum Gasteiger partial charge on any atom is 1.00 e. The maximum atomic E-state index is 10.2. The predicted octanol–water partition coefficient (Wildman–Crippen LogP) is -0.930. The number of benzene rings is 1. The van der Waals surface area contributed by atoms with Crippen molar-refractivity contribution < 1.29 is 41.0 Å². The van der Waals surface area contributed by atoms with E-state index in [1.165, 1.54) is 18.2 Å². The third kappa shape index (κ3) is 2.35. The summed E-state index contributed by atoms with van der Waals surface area (Å²) in [5.41, 5.74) is -0.377. The number of nitro benzene ring substituents is 1. The van der Waals surface area contributed by atoms with Gasteiger partial charge in [0.2, 0.25) is 5.75 Å². The monoisotopic (exact) mass is 197 g/mol. The van der Waals surface area contributed by atoms with Gasteiger partial charge >= 0.3 is 35.2 Å². The number of hydrogen-bond donors (Lipinski definition) is 1. The standard InChI is InChI=1S/C6H4ClNO3.Na.H/c7-4-2-1-3-5(6(4)9)8(10)11;;/h1-3,9H;;/q;+1;-1. The Hall–Kier alpha value is -0.290. The number of nitrogens with zero attached hydrogens (tertiary/aromatic N) is 1. The van der Waals surface area contributed by atoms with E-state index in [1.54, 1.807) is 0 Å². The van der Waals surface area contributed by atoms with Crippen LogP contribution in [0, 0.1) is 10.1 Å². The molecule has 12 heavy (non-hydrogen) atoms. The van der Waals surface area contributed by atoms with Crippen molar-refractivity contribution >= 4 is 17.3 Å². The van der Waals surface area contributed by atoms with Crippen LogP contribution in [0.25, 0.3) is 0 Å². The molecule has 0 saturated carbocycles. The van der Waals surface area contributed by atoms with E-state index in [4.69, 9.17) is 16.7 Å². The largest absolute Gasteiger partial charge is 1.00 e. The molecule has 1 N–H and O–H groups in total. The fourth-order valence-electron chi connectivity index (χ4n) is 0.651. The van der Waals surface area contributed by atoms with Crippen LogP contribution < -0.4 is 29.6 Å². The third-order valence-electron chi connectivity index (χ3n) is 1.16. The van der Waals surface area contributed by atoms with Crippen LogP contribution >= 0.6 is 11.6 Å². The van der Waals surface area contributed by atoms with Crippen LogP contribution in [0.2, 0.25) is 5.02 Å². The van der Waals surface area contributed by atoms with Crippen LogP contribution in [0.3, 0.4) is 0 Å². The zero-order chi connectivity index (χ0) is 8.43. The van der Waals surface area contributed by atoms with Crippen molar-refractivity contribution in [3.8, 4) is 5.75 Å². The van der Waals surface area contributed by atoms with Crippen LogP contribution in [0.15, 0.2) is 18.2 Å². The molecule has 0 aliphatic rings. The molecule has 0 aliphatic heterocycles. The summed E-state index contributed by atoms with van der Waals surface area (Å²) < 4.78 is 0. The van der Waals surface area contributed by atoms with E-state index in [2.05, 4.69) is 0 Å². The van der Waals surface area contributed by atoms with Gasteiger partial charge in [0, 0.05) is 6.07 Å². The minimum absolute atomic E-state index is 0. The number of phenolic OH excluding ortho intramolecular Hbond substituents is 1. The van der Waals surface area contributed by atoms with Crippen LogP contribution in [-0.4, -0.2) is 10.0 Å². The van der Waals surface area contributed by atoms with Gasteiger partial charge in [-0.2, -0.15) is 0 Å². The van der Waals surface area contributed by atoms with E-state index in [0.717, 1.165) is 0 Å². The molecule has 0 bridgehead atoms. The molecule has 6 heteroatoms. The first-order valence-corrected chi connectivity index (χ1v) is 3.12. The summed E-state index contributed by atoms with van der Waals surface area (Å²) in [7, 11) is 0. The summed E-state index contributed by atoms with van der Waals surface area (Å²) in [6.45, 7) is 0. The van der Waals surface area contributed by atoms with E-state index in [-0.39, 0.29) is 41.7 Å². The number of phenols is 1. The SMILES string of the molecule is O=[N+]([O-])c1cccc(Cl)c1O.[H-].[Na+]. The Morgan fingerprint density at radius 3 is 2.58 bits per heavy atom. The van der Waals surface area contributed by atoms with Crippen molar-refractivity contribution in [3.63, 3.8) is 0 Å². The average Bonchev–Trinajstić information content (AvgIpc) is 1.94. The topological polar surface area (TPSA) is 63.4 Å². The summed E-state index contributed by atoms with van der Waals surface area (Å²) in [5, 5.41) is 19.1. The summed E-state index contributed by atoms with van der Waals surface area (Å²) in [6.07, 6.45) is 0. The molecular formula is C6H5ClNNaO3.